The molecule has 1 nitrogen and oxygen atoms in total. The first-order valence-corrected chi connectivity index (χ1v) is 9.88. The Morgan fingerprint density at radius 1 is 1.00 bits per heavy atom. The maximum absolute atomic E-state index is 3.75. The summed E-state index contributed by atoms with van der Waals surface area (Å²) in [6.07, 6.45) is 14.6. The van der Waals surface area contributed by atoms with Gasteiger partial charge in [-0.05, 0) is 49.6 Å². The molecule has 0 aliphatic heterocycles. The second-order valence-corrected chi connectivity index (χ2v) is 7.86. The first-order valence-electron chi connectivity index (χ1n) is 9.88. The lowest BCUT2D eigenvalue weighted by Gasteiger charge is -2.29. The Balaban J connectivity index is 2.46. The molecule has 3 unspecified atom stereocenters. The third-order valence-corrected chi connectivity index (χ3v) is 5.45. The average Bonchev–Trinajstić information content (AvgIpc) is 2.68. The Labute approximate surface area is 134 Å². The maximum Gasteiger partial charge on any atom is -0.00178 e. The summed E-state index contributed by atoms with van der Waals surface area (Å²) in [6.45, 7) is 11.8. The normalized spacial score (nSPS) is 25.0. The van der Waals surface area contributed by atoms with E-state index < -0.39 is 0 Å². The van der Waals surface area contributed by atoms with Crippen molar-refractivity contribution in [3.8, 4) is 0 Å². The fraction of sp³-hybridized carbons (Fsp3) is 1.00. The first-order chi connectivity index (χ1) is 10.2. The Morgan fingerprint density at radius 2 is 1.71 bits per heavy atom. The van der Waals surface area contributed by atoms with Crippen molar-refractivity contribution in [3.05, 3.63) is 0 Å². The summed E-state index contributed by atoms with van der Waals surface area (Å²) in [6, 6.07) is 0. The minimum Gasteiger partial charge on any atom is -0.316 e. The van der Waals surface area contributed by atoms with Crippen LogP contribution in [0.2, 0.25) is 0 Å². The van der Waals surface area contributed by atoms with E-state index in [0.717, 1.165) is 23.7 Å². The van der Waals surface area contributed by atoms with Gasteiger partial charge in [0.25, 0.3) is 0 Å². The summed E-state index contributed by atoms with van der Waals surface area (Å²) < 4.78 is 0. The standard InChI is InChI=1S/C20H41N/c1-5-7-11-18(6-2)14-19-12-9-8-10-13-20(19)16-21-15-17(3)4/h17-21H,5-16H2,1-4H3. The maximum atomic E-state index is 3.75. The monoisotopic (exact) mass is 295 g/mol. The van der Waals surface area contributed by atoms with Crippen LogP contribution in [0, 0.1) is 23.7 Å². The number of unbranched alkanes of at least 4 members (excludes halogenated alkanes) is 1. The smallest absolute Gasteiger partial charge is 0.00178 e. The molecule has 0 bridgehead atoms. The summed E-state index contributed by atoms with van der Waals surface area (Å²) in [5, 5.41) is 3.75. The van der Waals surface area contributed by atoms with Crippen molar-refractivity contribution in [1.82, 2.24) is 5.32 Å². The molecule has 1 rings (SSSR count). The second-order valence-electron chi connectivity index (χ2n) is 7.86. The van der Waals surface area contributed by atoms with E-state index in [9.17, 15) is 0 Å². The lowest BCUT2D eigenvalue weighted by atomic mass is 9.79. The summed E-state index contributed by atoms with van der Waals surface area (Å²) in [4.78, 5) is 0. The Bertz CT molecular complexity index is 236. The van der Waals surface area contributed by atoms with E-state index in [4.69, 9.17) is 0 Å². The van der Waals surface area contributed by atoms with E-state index in [1.807, 2.05) is 0 Å². The highest BCUT2D eigenvalue weighted by molar-refractivity contribution is 4.78. The second kappa shape index (κ2) is 11.5. The molecular weight excluding hydrogens is 254 g/mol. The molecule has 1 aliphatic carbocycles. The summed E-state index contributed by atoms with van der Waals surface area (Å²) in [5.41, 5.74) is 0. The molecule has 0 aromatic heterocycles. The largest absolute Gasteiger partial charge is 0.316 e. The van der Waals surface area contributed by atoms with Gasteiger partial charge >= 0.3 is 0 Å². The zero-order chi connectivity index (χ0) is 15.5. The predicted octanol–water partition coefficient (Wildman–Crippen LogP) is 6.04. The molecule has 0 aromatic carbocycles. The third kappa shape index (κ3) is 8.24. The zero-order valence-corrected chi connectivity index (χ0v) is 15.3. The number of hydrogen-bond acceptors (Lipinski definition) is 1. The molecule has 0 radical (unpaired) electrons. The Hall–Kier alpha value is -0.0400. The van der Waals surface area contributed by atoms with E-state index >= 15 is 0 Å². The molecule has 0 saturated heterocycles. The molecule has 21 heavy (non-hydrogen) atoms. The van der Waals surface area contributed by atoms with Gasteiger partial charge in [-0.3, -0.25) is 0 Å². The van der Waals surface area contributed by atoms with Crippen molar-refractivity contribution in [3.63, 3.8) is 0 Å². The van der Waals surface area contributed by atoms with Crippen molar-refractivity contribution in [1.29, 1.82) is 0 Å². The van der Waals surface area contributed by atoms with Gasteiger partial charge in [0.1, 0.15) is 0 Å². The number of hydrogen-bond donors (Lipinski definition) is 1. The molecule has 1 fully saturated rings. The third-order valence-electron chi connectivity index (χ3n) is 5.45. The lowest BCUT2D eigenvalue weighted by molar-refractivity contribution is 0.231. The van der Waals surface area contributed by atoms with Gasteiger partial charge in [0.15, 0.2) is 0 Å². The first kappa shape index (κ1) is 19.0. The Kier molecular flexibility index (Phi) is 10.4. The minimum absolute atomic E-state index is 0.780. The molecule has 0 heterocycles. The fourth-order valence-electron chi connectivity index (χ4n) is 4.01. The molecule has 1 N–H and O–H groups in total. The van der Waals surface area contributed by atoms with Crippen LogP contribution in [-0.2, 0) is 0 Å². The van der Waals surface area contributed by atoms with Crippen molar-refractivity contribution < 1.29 is 0 Å². The highest BCUT2D eigenvalue weighted by atomic mass is 14.9. The number of nitrogens with one attached hydrogen (secondary N) is 1. The van der Waals surface area contributed by atoms with Crippen molar-refractivity contribution in [2.24, 2.45) is 23.7 Å². The molecule has 126 valence electrons. The Morgan fingerprint density at radius 3 is 2.33 bits per heavy atom. The average molecular weight is 296 g/mol. The van der Waals surface area contributed by atoms with Crippen LogP contribution in [0.15, 0.2) is 0 Å². The van der Waals surface area contributed by atoms with E-state index in [2.05, 4.69) is 33.0 Å². The molecule has 0 spiro atoms. The van der Waals surface area contributed by atoms with Gasteiger partial charge in [-0.1, -0.05) is 79.1 Å². The van der Waals surface area contributed by atoms with Crippen LogP contribution < -0.4 is 5.32 Å². The van der Waals surface area contributed by atoms with Crippen molar-refractivity contribution in [2.75, 3.05) is 13.1 Å². The summed E-state index contributed by atoms with van der Waals surface area (Å²) >= 11 is 0. The molecular formula is C20H41N. The molecule has 1 saturated carbocycles. The van der Waals surface area contributed by atoms with Crippen LogP contribution in [0.3, 0.4) is 0 Å². The van der Waals surface area contributed by atoms with Crippen LogP contribution in [0.5, 0.6) is 0 Å². The SMILES string of the molecule is CCCCC(CC)CC1CCCCCC1CNCC(C)C. The lowest BCUT2D eigenvalue weighted by Crippen LogP contribution is -2.31. The van der Waals surface area contributed by atoms with Gasteiger partial charge in [0.05, 0.1) is 0 Å². The quantitative estimate of drug-likeness (QED) is 0.485. The molecule has 1 aliphatic rings. The van der Waals surface area contributed by atoms with Crippen LogP contribution in [0.1, 0.15) is 91.9 Å². The predicted molar refractivity (Wildman–Crippen MR) is 95.7 cm³/mol. The van der Waals surface area contributed by atoms with Gasteiger partial charge < -0.3 is 5.32 Å². The van der Waals surface area contributed by atoms with Crippen LogP contribution in [-0.4, -0.2) is 13.1 Å². The van der Waals surface area contributed by atoms with Gasteiger partial charge in [-0.25, -0.2) is 0 Å². The van der Waals surface area contributed by atoms with E-state index in [1.54, 1.807) is 0 Å². The molecule has 1 heteroatoms. The number of rotatable bonds is 10. The van der Waals surface area contributed by atoms with Gasteiger partial charge in [0.2, 0.25) is 0 Å². The van der Waals surface area contributed by atoms with E-state index in [1.165, 1.54) is 77.3 Å². The molecule has 0 amide bonds. The zero-order valence-electron chi connectivity index (χ0n) is 15.3. The summed E-state index contributed by atoms with van der Waals surface area (Å²) in [7, 11) is 0. The van der Waals surface area contributed by atoms with Gasteiger partial charge in [-0.15, -0.1) is 0 Å². The van der Waals surface area contributed by atoms with Crippen LogP contribution >= 0.6 is 0 Å². The summed E-state index contributed by atoms with van der Waals surface area (Å²) in [5.74, 6) is 3.71. The highest BCUT2D eigenvalue weighted by Crippen LogP contribution is 2.35. The van der Waals surface area contributed by atoms with E-state index in [-0.39, 0.29) is 0 Å². The van der Waals surface area contributed by atoms with Crippen LogP contribution in [0.25, 0.3) is 0 Å². The van der Waals surface area contributed by atoms with Crippen molar-refractivity contribution >= 4 is 0 Å². The fourth-order valence-corrected chi connectivity index (χ4v) is 4.01. The van der Waals surface area contributed by atoms with Gasteiger partial charge in [-0.2, -0.15) is 0 Å². The van der Waals surface area contributed by atoms with Crippen molar-refractivity contribution in [2.45, 2.75) is 91.9 Å². The highest BCUT2D eigenvalue weighted by Gasteiger charge is 2.25. The van der Waals surface area contributed by atoms with E-state index in [0.29, 0.717) is 0 Å². The van der Waals surface area contributed by atoms with Crippen LogP contribution in [0.4, 0.5) is 0 Å². The van der Waals surface area contributed by atoms with Gasteiger partial charge in [0, 0.05) is 0 Å². The molecule has 3 atom stereocenters. The topological polar surface area (TPSA) is 12.0 Å². The minimum atomic E-state index is 0.780. The molecule has 0 aromatic rings.